The Bertz CT molecular complexity index is 1470. The molecule has 4 aromatic rings. The summed E-state index contributed by atoms with van der Waals surface area (Å²) in [5, 5.41) is 8.07. The van der Waals surface area contributed by atoms with Crippen LogP contribution in [0.5, 0.6) is 11.6 Å². The highest BCUT2D eigenvalue weighted by atomic mass is 32.1. The molecule has 0 bridgehead atoms. The third-order valence-corrected chi connectivity index (χ3v) is 8.56. The second-order valence-electron chi connectivity index (χ2n) is 10.3. The van der Waals surface area contributed by atoms with Crippen molar-refractivity contribution in [2.24, 2.45) is 0 Å². The van der Waals surface area contributed by atoms with Crippen molar-refractivity contribution >= 4 is 50.5 Å². The summed E-state index contributed by atoms with van der Waals surface area (Å²) < 4.78 is 7.02. The minimum Gasteiger partial charge on any atom is -0.437 e. The van der Waals surface area contributed by atoms with Crippen molar-refractivity contribution in [2.45, 2.75) is 38.1 Å². The number of ether oxygens (including phenoxy) is 1. The van der Waals surface area contributed by atoms with E-state index >= 15 is 0 Å². The molecule has 1 aliphatic carbocycles. The summed E-state index contributed by atoms with van der Waals surface area (Å²) in [7, 11) is 0. The van der Waals surface area contributed by atoms with E-state index in [1.165, 1.54) is 55.2 Å². The van der Waals surface area contributed by atoms with E-state index in [2.05, 4.69) is 61.2 Å². The van der Waals surface area contributed by atoms with Gasteiger partial charge in [-0.3, -0.25) is 9.69 Å². The highest BCUT2D eigenvalue weighted by molar-refractivity contribution is 7.17. The van der Waals surface area contributed by atoms with Crippen LogP contribution in [-0.2, 0) is 4.79 Å². The minimum atomic E-state index is -0.279. The first-order chi connectivity index (χ1) is 19.6. The molecule has 0 radical (unpaired) electrons. The van der Waals surface area contributed by atoms with Crippen LogP contribution in [0.15, 0.2) is 72.6 Å². The number of hydrogen-bond acceptors (Lipinski definition) is 8. The van der Waals surface area contributed by atoms with Crippen LogP contribution >= 0.6 is 11.3 Å². The fraction of sp³-hybridized carbons (Fsp3) is 0.323. The van der Waals surface area contributed by atoms with Gasteiger partial charge in [-0.05, 0) is 66.8 Å². The molecule has 2 aromatic carbocycles. The Morgan fingerprint density at radius 2 is 1.77 bits per heavy atom. The Morgan fingerprint density at radius 1 is 0.975 bits per heavy atom. The van der Waals surface area contributed by atoms with Crippen molar-refractivity contribution in [2.75, 3.05) is 41.7 Å². The lowest BCUT2D eigenvalue weighted by atomic mass is 9.94. The van der Waals surface area contributed by atoms with Crippen LogP contribution in [0.4, 0.5) is 23.0 Å². The lowest BCUT2D eigenvalue weighted by molar-refractivity contribution is -0.111. The number of thiophene rings is 1. The molecule has 0 atom stereocenters. The molecule has 2 aromatic heterocycles. The van der Waals surface area contributed by atoms with E-state index in [1.807, 2.05) is 23.6 Å². The van der Waals surface area contributed by atoms with E-state index in [0.29, 0.717) is 23.3 Å². The van der Waals surface area contributed by atoms with Gasteiger partial charge in [0, 0.05) is 55.3 Å². The van der Waals surface area contributed by atoms with Gasteiger partial charge in [-0.2, -0.15) is 4.98 Å². The number of fused-ring (bicyclic) bond motifs is 1. The Labute approximate surface area is 238 Å². The SMILES string of the molecule is C=CC(=O)Nc1cccc(Oc2nc(Nc3ccc(N4CCN(C5CCCCC5)CC4)cc3)nc3ccsc23)c1. The number of aromatic nitrogens is 2. The summed E-state index contributed by atoms with van der Waals surface area (Å²) in [6.07, 6.45) is 8.15. The Kier molecular flexibility index (Phi) is 7.92. The van der Waals surface area contributed by atoms with E-state index in [-0.39, 0.29) is 5.91 Å². The standard InChI is InChI=1S/C31H34N6O2S/c1-2-28(38)32-23-7-6-10-26(21-23)39-30-29-27(15-20-40-29)34-31(35-30)33-22-11-13-25(14-12-22)37-18-16-36(17-19-37)24-8-4-3-5-9-24/h2,6-7,10-15,20-21,24H,1,3-5,8-9,16-19H2,(H,32,38)(H,33,34,35). The van der Waals surface area contributed by atoms with E-state index in [0.717, 1.165) is 48.1 Å². The highest BCUT2D eigenvalue weighted by Crippen LogP contribution is 2.34. The summed E-state index contributed by atoms with van der Waals surface area (Å²) in [5.74, 6) is 1.21. The molecule has 0 unspecified atom stereocenters. The number of nitrogens with zero attached hydrogens (tertiary/aromatic N) is 4. The predicted molar refractivity (Wildman–Crippen MR) is 163 cm³/mol. The quantitative estimate of drug-likeness (QED) is 0.232. The van der Waals surface area contributed by atoms with Gasteiger partial charge in [0.25, 0.3) is 0 Å². The monoisotopic (exact) mass is 554 g/mol. The van der Waals surface area contributed by atoms with Crippen LogP contribution < -0.4 is 20.3 Å². The van der Waals surface area contributed by atoms with E-state index in [1.54, 1.807) is 12.1 Å². The Hall–Kier alpha value is -3.95. The largest absolute Gasteiger partial charge is 0.437 e. The van der Waals surface area contributed by atoms with Crippen molar-refractivity contribution < 1.29 is 9.53 Å². The van der Waals surface area contributed by atoms with Crippen LogP contribution in [0, 0.1) is 0 Å². The number of benzene rings is 2. The lowest BCUT2D eigenvalue weighted by Gasteiger charge is -2.41. The molecule has 2 aliphatic rings. The van der Waals surface area contributed by atoms with Gasteiger partial charge >= 0.3 is 0 Å². The van der Waals surface area contributed by atoms with Gasteiger partial charge in [-0.1, -0.05) is 31.9 Å². The topological polar surface area (TPSA) is 82.6 Å². The molecule has 0 spiro atoms. The molecule has 2 N–H and O–H groups in total. The number of amides is 1. The maximum Gasteiger partial charge on any atom is 0.247 e. The highest BCUT2D eigenvalue weighted by Gasteiger charge is 2.25. The molecule has 1 saturated heterocycles. The molecule has 9 heteroatoms. The second-order valence-corrected chi connectivity index (χ2v) is 11.2. The van der Waals surface area contributed by atoms with Crippen molar-refractivity contribution in [1.82, 2.24) is 14.9 Å². The zero-order valence-electron chi connectivity index (χ0n) is 22.5. The molecular weight excluding hydrogens is 520 g/mol. The third kappa shape index (κ3) is 6.11. The number of nitrogens with one attached hydrogen (secondary N) is 2. The van der Waals surface area contributed by atoms with Gasteiger partial charge in [0.15, 0.2) is 0 Å². The van der Waals surface area contributed by atoms with Crippen molar-refractivity contribution in [3.8, 4) is 11.6 Å². The number of hydrogen-bond donors (Lipinski definition) is 2. The van der Waals surface area contributed by atoms with Gasteiger partial charge in [0.05, 0.1) is 5.52 Å². The van der Waals surface area contributed by atoms with E-state index in [4.69, 9.17) is 4.74 Å². The lowest BCUT2D eigenvalue weighted by Crippen LogP contribution is -2.50. The fourth-order valence-electron chi connectivity index (χ4n) is 5.58. The molecule has 1 aliphatic heterocycles. The van der Waals surface area contributed by atoms with Crippen LogP contribution in [0.3, 0.4) is 0 Å². The minimum absolute atomic E-state index is 0.279. The zero-order chi connectivity index (χ0) is 27.3. The summed E-state index contributed by atoms with van der Waals surface area (Å²) in [5.41, 5.74) is 3.59. The first kappa shape index (κ1) is 26.3. The molecule has 1 amide bonds. The molecule has 1 saturated carbocycles. The number of rotatable bonds is 8. The van der Waals surface area contributed by atoms with Gasteiger partial charge in [0.2, 0.25) is 17.7 Å². The third-order valence-electron chi connectivity index (χ3n) is 7.67. The van der Waals surface area contributed by atoms with Gasteiger partial charge in [-0.15, -0.1) is 11.3 Å². The van der Waals surface area contributed by atoms with E-state index in [9.17, 15) is 4.79 Å². The van der Waals surface area contributed by atoms with Crippen molar-refractivity contribution in [3.05, 3.63) is 72.6 Å². The molecule has 40 heavy (non-hydrogen) atoms. The summed E-state index contributed by atoms with van der Waals surface area (Å²) in [4.78, 5) is 26.2. The number of carbonyl (C=O) groups is 1. The van der Waals surface area contributed by atoms with Crippen molar-refractivity contribution in [1.29, 1.82) is 0 Å². The first-order valence-corrected chi connectivity index (χ1v) is 14.9. The number of carbonyl (C=O) groups excluding carboxylic acids is 1. The molecular formula is C31H34N6O2S. The number of piperazine rings is 1. The van der Waals surface area contributed by atoms with Crippen LogP contribution in [0.1, 0.15) is 32.1 Å². The number of anilines is 4. The summed E-state index contributed by atoms with van der Waals surface area (Å²) in [6, 6.07) is 18.4. The van der Waals surface area contributed by atoms with Crippen LogP contribution in [0.25, 0.3) is 10.2 Å². The zero-order valence-corrected chi connectivity index (χ0v) is 23.3. The van der Waals surface area contributed by atoms with Gasteiger partial charge in [-0.25, -0.2) is 4.98 Å². The molecule has 206 valence electrons. The Morgan fingerprint density at radius 3 is 2.55 bits per heavy atom. The van der Waals surface area contributed by atoms with E-state index < -0.39 is 0 Å². The summed E-state index contributed by atoms with van der Waals surface area (Å²) >= 11 is 1.52. The normalized spacial score (nSPS) is 16.6. The van der Waals surface area contributed by atoms with Gasteiger partial charge in [0.1, 0.15) is 10.4 Å². The summed E-state index contributed by atoms with van der Waals surface area (Å²) in [6.45, 7) is 7.92. The fourth-order valence-corrected chi connectivity index (χ4v) is 6.34. The van der Waals surface area contributed by atoms with Gasteiger partial charge < -0.3 is 20.3 Å². The first-order valence-electron chi connectivity index (χ1n) is 14.0. The van der Waals surface area contributed by atoms with Crippen LogP contribution in [0.2, 0.25) is 0 Å². The Balaban J connectivity index is 1.12. The second kappa shape index (κ2) is 12.1. The average Bonchev–Trinajstić information content (AvgIpc) is 3.47. The molecule has 6 rings (SSSR count). The van der Waals surface area contributed by atoms with Crippen LogP contribution in [-0.4, -0.2) is 53.0 Å². The molecule has 2 fully saturated rings. The average molecular weight is 555 g/mol. The maximum atomic E-state index is 11.7. The molecule has 8 nitrogen and oxygen atoms in total. The maximum absolute atomic E-state index is 11.7. The smallest absolute Gasteiger partial charge is 0.247 e. The molecule has 3 heterocycles. The van der Waals surface area contributed by atoms with Crippen molar-refractivity contribution in [3.63, 3.8) is 0 Å². The predicted octanol–water partition coefficient (Wildman–Crippen LogP) is 6.81.